The molecule has 0 amide bonds. The van der Waals surface area contributed by atoms with Crippen molar-refractivity contribution in [1.82, 2.24) is 9.78 Å². The summed E-state index contributed by atoms with van der Waals surface area (Å²) in [4.78, 5) is 0. The van der Waals surface area contributed by atoms with Crippen molar-refractivity contribution in [2.75, 3.05) is 0 Å². The van der Waals surface area contributed by atoms with Gasteiger partial charge in [-0.3, -0.25) is 4.68 Å². The van der Waals surface area contributed by atoms with Crippen LogP contribution in [0.5, 0.6) is 11.6 Å². The average molecular weight is 224 g/mol. The fourth-order valence-electron chi connectivity index (χ4n) is 1.38. The highest BCUT2D eigenvalue weighted by atomic mass is 16.5. The summed E-state index contributed by atoms with van der Waals surface area (Å²) in [6.07, 6.45) is 1.72. The molecule has 0 atom stereocenters. The lowest BCUT2D eigenvalue weighted by Gasteiger charge is -2.05. The van der Waals surface area contributed by atoms with Crippen LogP contribution in [0.2, 0.25) is 0 Å². The number of rotatable bonds is 2. The second-order valence-electron chi connectivity index (χ2n) is 3.34. The maximum atomic E-state index is 8.96. The van der Waals surface area contributed by atoms with Crippen molar-refractivity contribution >= 4 is 0 Å². The first-order valence-corrected chi connectivity index (χ1v) is 4.85. The van der Waals surface area contributed by atoms with Crippen LogP contribution >= 0.6 is 0 Å². The number of nitrogens with zero attached hydrogens (tertiary/aromatic N) is 4. The Morgan fingerprint density at radius 3 is 2.29 bits per heavy atom. The van der Waals surface area contributed by atoms with E-state index in [-0.39, 0.29) is 5.75 Å². The van der Waals surface area contributed by atoms with Crippen LogP contribution in [0.3, 0.4) is 0 Å². The number of ether oxygens (including phenoxy) is 1. The van der Waals surface area contributed by atoms with Crippen molar-refractivity contribution in [2.24, 2.45) is 7.05 Å². The second kappa shape index (κ2) is 4.38. The van der Waals surface area contributed by atoms with Crippen molar-refractivity contribution in [1.29, 1.82) is 10.5 Å². The number of benzene rings is 1. The Bertz CT molecular complexity index is 598. The van der Waals surface area contributed by atoms with Crippen molar-refractivity contribution in [3.63, 3.8) is 0 Å². The van der Waals surface area contributed by atoms with E-state index in [0.717, 1.165) is 0 Å². The number of hydrogen-bond donors (Lipinski definition) is 0. The summed E-state index contributed by atoms with van der Waals surface area (Å²) in [7, 11) is 1.76. The Morgan fingerprint density at radius 2 is 1.82 bits per heavy atom. The summed E-state index contributed by atoms with van der Waals surface area (Å²) in [5, 5.41) is 21.9. The minimum Gasteiger partial charge on any atom is -0.435 e. The molecule has 0 bridgehead atoms. The molecule has 0 N–H and O–H groups in total. The normalized spacial score (nSPS) is 9.35. The van der Waals surface area contributed by atoms with E-state index in [0.29, 0.717) is 17.0 Å². The highest BCUT2D eigenvalue weighted by molar-refractivity contribution is 5.54. The van der Waals surface area contributed by atoms with E-state index in [1.807, 2.05) is 12.1 Å². The van der Waals surface area contributed by atoms with Crippen LogP contribution in [-0.4, -0.2) is 9.78 Å². The molecule has 0 radical (unpaired) electrons. The summed E-state index contributed by atoms with van der Waals surface area (Å²) in [5.41, 5.74) is 0.629. The van der Waals surface area contributed by atoms with Crippen molar-refractivity contribution in [2.45, 2.75) is 0 Å². The lowest BCUT2D eigenvalue weighted by molar-refractivity contribution is 0.451. The molecule has 0 spiro atoms. The first-order valence-electron chi connectivity index (χ1n) is 4.85. The molecular formula is C12H8N4O. The van der Waals surface area contributed by atoms with Gasteiger partial charge in [0.25, 0.3) is 0 Å². The first-order chi connectivity index (χ1) is 8.24. The van der Waals surface area contributed by atoms with Crippen LogP contribution in [0.15, 0.2) is 30.5 Å². The molecule has 0 fully saturated rings. The van der Waals surface area contributed by atoms with Gasteiger partial charge in [0.15, 0.2) is 5.75 Å². The van der Waals surface area contributed by atoms with Crippen LogP contribution < -0.4 is 4.74 Å². The molecule has 1 aromatic carbocycles. The topological polar surface area (TPSA) is 74.6 Å². The molecule has 1 heterocycles. The third-order valence-electron chi connectivity index (χ3n) is 2.15. The maximum absolute atomic E-state index is 8.96. The summed E-state index contributed by atoms with van der Waals surface area (Å²) in [5.74, 6) is 0.600. The van der Waals surface area contributed by atoms with Crippen LogP contribution in [0.25, 0.3) is 0 Å². The number of aryl methyl sites for hydroxylation is 1. The van der Waals surface area contributed by atoms with Crippen molar-refractivity contribution < 1.29 is 4.74 Å². The Morgan fingerprint density at radius 1 is 1.18 bits per heavy atom. The molecule has 5 heteroatoms. The van der Waals surface area contributed by atoms with Crippen LogP contribution in [0, 0.1) is 22.7 Å². The maximum Gasteiger partial charge on any atom is 0.238 e. The largest absolute Gasteiger partial charge is 0.435 e. The van der Waals surface area contributed by atoms with E-state index in [1.165, 1.54) is 0 Å². The van der Waals surface area contributed by atoms with Gasteiger partial charge in [0, 0.05) is 19.3 Å². The molecule has 0 saturated carbocycles. The molecule has 17 heavy (non-hydrogen) atoms. The zero-order valence-corrected chi connectivity index (χ0v) is 9.08. The van der Waals surface area contributed by atoms with Crippen LogP contribution in [0.1, 0.15) is 11.1 Å². The molecule has 0 aliphatic rings. The van der Waals surface area contributed by atoms with Gasteiger partial charge in [-0.25, -0.2) is 0 Å². The highest BCUT2D eigenvalue weighted by Gasteiger charge is 2.11. The summed E-state index contributed by atoms with van der Waals surface area (Å²) < 4.78 is 7.05. The van der Waals surface area contributed by atoms with E-state index in [9.17, 15) is 0 Å². The molecule has 82 valence electrons. The van der Waals surface area contributed by atoms with Gasteiger partial charge in [-0.05, 0) is 12.1 Å². The van der Waals surface area contributed by atoms with Gasteiger partial charge >= 0.3 is 0 Å². The molecule has 2 aromatic rings. The highest BCUT2D eigenvalue weighted by Crippen LogP contribution is 2.27. The van der Waals surface area contributed by atoms with Gasteiger partial charge < -0.3 is 4.74 Å². The third kappa shape index (κ3) is 2.09. The Balaban J connectivity index is 2.45. The average Bonchev–Trinajstić information content (AvgIpc) is 2.75. The SMILES string of the molecule is Cn1ccc(Oc2c(C#N)cccc2C#N)n1. The predicted octanol–water partition coefficient (Wildman–Crippen LogP) is 1.96. The van der Waals surface area contributed by atoms with E-state index in [2.05, 4.69) is 5.10 Å². The van der Waals surface area contributed by atoms with Gasteiger partial charge in [-0.2, -0.15) is 10.5 Å². The van der Waals surface area contributed by atoms with Crippen LogP contribution in [-0.2, 0) is 7.05 Å². The van der Waals surface area contributed by atoms with Crippen LogP contribution in [0.4, 0.5) is 0 Å². The second-order valence-corrected chi connectivity index (χ2v) is 3.34. The monoisotopic (exact) mass is 224 g/mol. The number of hydrogen-bond acceptors (Lipinski definition) is 4. The Kier molecular flexibility index (Phi) is 2.76. The smallest absolute Gasteiger partial charge is 0.238 e. The van der Waals surface area contributed by atoms with Gasteiger partial charge in [-0.1, -0.05) is 6.07 Å². The fourth-order valence-corrected chi connectivity index (χ4v) is 1.38. The number of para-hydroxylation sites is 1. The quantitative estimate of drug-likeness (QED) is 0.781. The van der Waals surface area contributed by atoms with Gasteiger partial charge in [0.05, 0.1) is 11.1 Å². The summed E-state index contributed by atoms with van der Waals surface area (Å²) in [6.45, 7) is 0. The van der Waals surface area contributed by atoms with Gasteiger partial charge in [0.1, 0.15) is 12.1 Å². The zero-order valence-electron chi connectivity index (χ0n) is 9.08. The van der Waals surface area contributed by atoms with Crippen molar-refractivity contribution in [3.8, 4) is 23.8 Å². The summed E-state index contributed by atoms with van der Waals surface area (Å²) >= 11 is 0. The van der Waals surface area contributed by atoms with E-state index < -0.39 is 0 Å². The molecule has 2 rings (SSSR count). The molecular weight excluding hydrogens is 216 g/mol. The molecule has 0 aliphatic carbocycles. The van der Waals surface area contributed by atoms with Gasteiger partial charge in [0.2, 0.25) is 5.88 Å². The molecule has 0 unspecified atom stereocenters. The summed E-state index contributed by atoms with van der Waals surface area (Å²) in [6, 6.07) is 10.5. The molecule has 0 aliphatic heterocycles. The minimum absolute atomic E-state index is 0.246. The van der Waals surface area contributed by atoms with E-state index >= 15 is 0 Å². The standard InChI is InChI=1S/C12H8N4O/c1-16-6-5-11(15-16)17-12-9(7-13)3-2-4-10(12)8-14/h2-6H,1H3. The lowest BCUT2D eigenvalue weighted by atomic mass is 10.1. The first kappa shape index (κ1) is 10.7. The van der Waals surface area contributed by atoms with E-state index in [4.69, 9.17) is 15.3 Å². The van der Waals surface area contributed by atoms with Crippen molar-refractivity contribution in [3.05, 3.63) is 41.6 Å². The van der Waals surface area contributed by atoms with E-state index in [1.54, 1.807) is 42.2 Å². The predicted molar refractivity (Wildman–Crippen MR) is 59.2 cm³/mol. The minimum atomic E-state index is 0.246. The van der Waals surface area contributed by atoms with Gasteiger partial charge in [-0.15, -0.1) is 5.10 Å². The zero-order chi connectivity index (χ0) is 12.3. The lowest BCUT2D eigenvalue weighted by Crippen LogP contribution is -1.94. The fraction of sp³-hybridized carbons (Fsp3) is 0.0833. The number of nitriles is 2. The Labute approximate surface area is 98.1 Å². The molecule has 0 saturated heterocycles. The molecule has 5 nitrogen and oxygen atoms in total. The number of aromatic nitrogens is 2. The Hall–Kier alpha value is -2.79. The third-order valence-corrected chi connectivity index (χ3v) is 2.15. The molecule has 1 aromatic heterocycles.